The molecule has 0 amide bonds. The zero-order valence-corrected chi connectivity index (χ0v) is 11.8. The van der Waals surface area contributed by atoms with Crippen LogP contribution < -0.4 is 4.90 Å². The lowest BCUT2D eigenvalue weighted by atomic mass is 10.1. The standard InChI is InChI=1S/C14H10Cl2N2O2/c15-14(16)13(10-4-2-1-3-5-10)17(14)11-6-8-12(9-7-11)18(19)20/h1-9,13H. The first-order chi connectivity index (χ1) is 9.51. The third kappa shape index (κ3) is 2.11. The maximum absolute atomic E-state index is 10.7. The van der Waals surface area contributed by atoms with E-state index in [0.29, 0.717) is 0 Å². The van der Waals surface area contributed by atoms with Crippen molar-refractivity contribution in [2.45, 2.75) is 10.5 Å². The summed E-state index contributed by atoms with van der Waals surface area (Å²) in [5.41, 5.74) is 1.81. The molecule has 2 aromatic rings. The van der Waals surface area contributed by atoms with Gasteiger partial charge in [0.1, 0.15) is 6.04 Å². The maximum atomic E-state index is 10.7. The average Bonchev–Trinajstić information content (AvgIpc) is 3.02. The van der Waals surface area contributed by atoms with E-state index in [4.69, 9.17) is 23.2 Å². The monoisotopic (exact) mass is 308 g/mol. The van der Waals surface area contributed by atoms with Crippen LogP contribution in [0.25, 0.3) is 0 Å². The number of halogens is 2. The normalized spacial score (nSPS) is 19.7. The lowest BCUT2D eigenvalue weighted by molar-refractivity contribution is -0.384. The van der Waals surface area contributed by atoms with Crippen LogP contribution in [0, 0.1) is 10.1 Å². The van der Waals surface area contributed by atoms with Crippen molar-refractivity contribution in [1.29, 1.82) is 0 Å². The predicted molar refractivity (Wildman–Crippen MR) is 79.2 cm³/mol. The first-order valence-electron chi connectivity index (χ1n) is 5.98. The number of hydrogen-bond donors (Lipinski definition) is 0. The molecular formula is C14H10Cl2N2O2. The van der Waals surface area contributed by atoms with Crippen LogP contribution >= 0.6 is 23.2 Å². The van der Waals surface area contributed by atoms with Gasteiger partial charge in [0, 0.05) is 17.8 Å². The summed E-state index contributed by atoms with van der Waals surface area (Å²) in [6.07, 6.45) is 0. The van der Waals surface area contributed by atoms with Crippen molar-refractivity contribution in [1.82, 2.24) is 0 Å². The van der Waals surface area contributed by atoms with Crippen molar-refractivity contribution in [3.8, 4) is 0 Å². The minimum atomic E-state index is -1.02. The third-order valence-corrected chi connectivity index (χ3v) is 4.07. The molecule has 102 valence electrons. The third-order valence-electron chi connectivity index (χ3n) is 3.29. The molecule has 0 radical (unpaired) electrons. The van der Waals surface area contributed by atoms with E-state index >= 15 is 0 Å². The number of nitro groups is 1. The van der Waals surface area contributed by atoms with E-state index in [1.165, 1.54) is 12.1 Å². The number of rotatable bonds is 3. The topological polar surface area (TPSA) is 46.1 Å². The second-order valence-corrected chi connectivity index (χ2v) is 5.89. The molecule has 4 nitrogen and oxygen atoms in total. The van der Waals surface area contributed by atoms with E-state index < -0.39 is 9.38 Å². The summed E-state index contributed by atoms with van der Waals surface area (Å²) in [5, 5.41) is 10.7. The minimum Gasteiger partial charge on any atom is -0.326 e. The summed E-state index contributed by atoms with van der Waals surface area (Å²) in [6.45, 7) is 0. The van der Waals surface area contributed by atoms with Crippen molar-refractivity contribution in [2.24, 2.45) is 0 Å². The highest BCUT2D eigenvalue weighted by Gasteiger charge is 2.62. The highest BCUT2D eigenvalue weighted by atomic mass is 35.5. The van der Waals surface area contributed by atoms with Crippen molar-refractivity contribution in [3.05, 3.63) is 70.3 Å². The molecule has 1 aliphatic rings. The molecule has 1 fully saturated rings. The van der Waals surface area contributed by atoms with Gasteiger partial charge in [-0.3, -0.25) is 10.1 Å². The molecule has 1 atom stereocenters. The van der Waals surface area contributed by atoms with E-state index in [1.807, 2.05) is 35.2 Å². The molecule has 3 rings (SSSR count). The highest BCUT2D eigenvalue weighted by Crippen LogP contribution is 2.61. The summed E-state index contributed by atoms with van der Waals surface area (Å²) in [5.74, 6) is 0. The van der Waals surface area contributed by atoms with Gasteiger partial charge in [0.05, 0.1) is 4.92 Å². The fourth-order valence-corrected chi connectivity index (χ4v) is 3.03. The second-order valence-electron chi connectivity index (χ2n) is 4.54. The van der Waals surface area contributed by atoms with Gasteiger partial charge >= 0.3 is 0 Å². The maximum Gasteiger partial charge on any atom is 0.269 e. The first kappa shape index (κ1) is 13.2. The van der Waals surface area contributed by atoms with Crippen molar-refractivity contribution in [2.75, 3.05) is 4.90 Å². The Morgan fingerprint density at radius 2 is 1.65 bits per heavy atom. The molecule has 0 bridgehead atoms. The Morgan fingerprint density at radius 1 is 1.05 bits per heavy atom. The number of alkyl halides is 2. The van der Waals surface area contributed by atoms with Gasteiger partial charge in [-0.2, -0.15) is 0 Å². The summed E-state index contributed by atoms with van der Waals surface area (Å²) < 4.78 is -1.02. The number of hydrogen-bond acceptors (Lipinski definition) is 3. The summed E-state index contributed by atoms with van der Waals surface area (Å²) in [6, 6.07) is 15.7. The van der Waals surface area contributed by atoms with Gasteiger partial charge in [0.15, 0.2) is 0 Å². The molecule has 1 heterocycles. The Morgan fingerprint density at radius 3 is 2.20 bits per heavy atom. The fourth-order valence-electron chi connectivity index (χ4n) is 2.29. The van der Waals surface area contributed by atoms with Crippen LogP contribution in [0.15, 0.2) is 54.6 Å². The lowest BCUT2D eigenvalue weighted by Gasteiger charge is -2.05. The van der Waals surface area contributed by atoms with Crippen LogP contribution in [0.2, 0.25) is 0 Å². The first-order valence-corrected chi connectivity index (χ1v) is 6.74. The predicted octanol–water partition coefficient (Wildman–Crippen LogP) is 4.29. The van der Waals surface area contributed by atoms with E-state index in [1.54, 1.807) is 12.1 Å². The molecule has 1 aliphatic heterocycles. The number of benzene rings is 2. The van der Waals surface area contributed by atoms with Gasteiger partial charge in [-0.15, -0.1) is 0 Å². The number of non-ortho nitro benzene ring substituents is 1. The van der Waals surface area contributed by atoms with Crippen molar-refractivity contribution in [3.63, 3.8) is 0 Å². The van der Waals surface area contributed by atoms with Crippen LogP contribution in [-0.2, 0) is 0 Å². The van der Waals surface area contributed by atoms with Crippen LogP contribution in [0.1, 0.15) is 11.6 Å². The van der Waals surface area contributed by atoms with Crippen molar-refractivity contribution >= 4 is 34.6 Å². The van der Waals surface area contributed by atoms with Gasteiger partial charge in [-0.1, -0.05) is 53.5 Å². The minimum absolute atomic E-state index is 0.0432. The molecule has 0 saturated carbocycles. The Kier molecular flexibility index (Phi) is 3.07. The Labute approximate surface area is 125 Å². The largest absolute Gasteiger partial charge is 0.326 e. The zero-order valence-electron chi connectivity index (χ0n) is 10.2. The van der Waals surface area contributed by atoms with Gasteiger partial charge in [-0.25, -0.2) is 0 Å². The molecular weight excluding hydrogens is 299 g/mol. The van der Waals surface area contributed by atoms with Crippen LogP contribution in [0.4, 0.5) is 11.4 Å². The zero-order chi connectivity index (χ0) is 14.3. The molecule has 0 N–H and O–H groups in total. The van der Waals surface area contributed by atoms with E-state index in [-0.39, 0.29) is 11.7 Å². The number of nitrogens with zero attached hydrogens (tertiary/aromatic N) is 2. The van der Waals surface area contributed by atoms with Gasteiger partial charge in [-0.05, 0) is 17.7 Å². The molecule has 1 saturated heterocycles. The Bertz CT molecular complexity index is 644. The van der Waals surface area contributed by atoms with Gasteiger partial charge < -0.3 is 4.90 Å². The summed E-state index contributed by atoms with van der Waals surface area (Å²) in [7, 11) is 0. The molecule has 6 heteroatoms. The lowest BCUT2D eigenvalue weighted by Crippen LogP contribution is -2.01. The quantitative estimate of drug-likeness (QED) is 0.279. The van der Waals surface area contributed by atoms with Gasteiger partial charge in [0.2, 0.25) is 4.46 Å². The Balaban J connectivity index is 1.89. The molecule has 0 aromatic heterocycles. The molecule has 20 heavy (non-hydrogen) atoms. The average molecular weight is 309 g/mol. The molecule has 1 unspecified atom stereocenters. The number of nitro benzene ring substituents is 1. The van der Waals surface area contributed by atoms with E-state index in [2.05, 4.69) is 0 Å². The van der Waals surface area contributed by atoms with Crippen LogP contribution in [0.3, 0.4) is 0 Å². The van der Waals surface area contributed by atoms with Crippen molar-refractivity contribution < 1.29 is 4.92 Å². The SMILES string of the molecule is O=[N+]([O-])c1ccc(N2C(c3ccccc3)C2(Cl)Cl)cc1. The Hall–Kier alpha value is -1.78. The van der Waals surface area contributed by atoms with Gasteiger partial charge in [0.25, 0.3) is 5.69 Å². The van der Waals surface area contributed by atoms with E-state index in [9.17, 15) is 10.1 Å². The highest BCUT2D eigenvalue weighted by molar-refractivity contribution is 6.53. The van der Waals surface area contributed by atoms with Crippen LogP contribution in [-0.4, -0.2) is 9.38 Å². The summed E-state index contributed by atoms with van der Waals surface area (Å²) in [4.78, 5) is 12.0. The van der Waals surface area contributed by atoms with E-state index in [0.717, 1.165) is 11.3 Å². The molecule has 2 aromatic carbocycles. The van der Waals surface area contributed by atoms with Crippen LogP contribution in [0.5, 0.6) is 0 Å². The fraction of sp³-hybridized carbons (Fsp3) is 0.143. The molecule has 0 aliphatic carbocycles. The summed E-state index contributed by atoms with van der Waals surface area (Å²) >= 11 is 12.6. The molecule has 0 spiro atoms. The smallest absolute Gasteiger partial charge is 0.269 e. The number of anilines is 1. The second kappa shape index (κ2) is 4.65.